The van der Waals surface area contributed by atoms with E-state index in [0.29, 0.717) is 26.1 Å². The number of methoxy groups -OCH3 is 1. The molecule has 0 aromatic heterocycles. The minimum absolute atomic E-state index is 0.0723. The SMILES string of the molecule is C=CCC(OC(=O)[C@@H](CC(C)(C)C)NC(=O)OCC1c2ccccc2-c2ccccc21)C(C)COCc1ccc(OC)cc1. The Labute approximate surface area is 261 Å². The van der Waals surface area contributed by atoms with E-state index in [-0.39, 0.29) is 23.9 Å². The Hall–Kier alpha value is -4.10. The second kappa shape index (κ2) is 15.1. The molecule has 2 unspecified atom stereocenters. The molecule has 0 saturated carbocycles. The number of rotatable bonds is 14. The maximum atomic E-state index is 13.5. The van der Waals surface area contributed by atoms with Gasteiger partial charge in [-0.3, -0.25) is 0 Å². The van der Waals surface area contributed by atoms with Crippen LogP contribution in [0.3, 0.4) is 0 Å². The van der Waals surface area contributed by atoms with E-state index in [1.807, 2.05) is 76.2 Å². The maximum Gasteiger partial charge on any atom is 0.407 e. The summed E-state index contributed by atoms with van der Waals surface area (Å²) >= 11 is 0. The number of esters is 1. The Bertz CT molecular complexity index is 1360. The van der Waals surface area contributed by atoms with Gasteiger partial charge in [0.05, 0.1) is 20.3 Å². The molecule has 234 valence electrons. The molecule has 44 heavy (non-hydrogen) atoms. The zero-order chi connectivity index (χ0) is 31.7. The lowest BCUT2D eigenvalue weighted by Crippen LogP contribution is -2.46. The van der Waals surface area contributed by atoms with Crippen molar-refractivity contribution in [1.82, 2.24) is 5.32 Å². The molecule has 0 spiro atoms. The largest absolute Gasteiger partial charge is 0.497 e. The van der Waals surface area contributed by atoms with Gasteiger partial charge in [0.25, 0.3) is 0 Å². The Morgan fingerprint density at radius 1 is 0.955 bits per heavy atom. The van der Waals surface area contributed by atoms with Crippen molar-refractivity contribution in [1.29, 1.82) is 0 Å². The second-order valence-corrected chi connectivity index (χ2v) is 12.6. The third-order valence-electron chi connectivity index (χ3n) is 7.85. The van der Waals surface area contributed by atoms with Crippen molar-refractivity contribution in [2.24, 2.45) is 11.3 Å². The third kappa shape index (κ3) is 8.73. The summed E-state index contributed by atoms with van der Waals surface area (Å²) in [5.41, 5.74) is 5.34. The molecule has 1 aliphatic rings. The third-order valence-corrected chi connectivity index (χ3v) is 7.85. The van der Waals surface area contributed by atoms with Gasteiger partial charge in [0.15, 0.2) is 0 Å². The van der Waals surface area contributed by atoms with Gasteiger partial charge in [0, 0.05) is 18.3 Å². The minimum Gasteiger partial charge on any atom is -0.497 e. The fourth-order valence-electron chi connectivity index (χ4n) is 5.57. The first kappa shape index (κ1) is 32.8. The van der Waals surface area contributed by atoms with E-state index in [9.17, 15) is 9.59 Å². The first-order valence-electron chi connectivity index (χ1n) is 15.2. The van der Waals surface area contributed by atoms with Crippen LogP contribution in [0.5, 0.6) is 5.75 Å². The topological polar surface area (TPSA) is 83.1 Å². The van der Waals surface area contributed by atoms with E-state index in [0.717, 1.165) is 33.6 Å². The number of amides is 1. The van der Waals surface area contributed by atoms with Gasteiger partial charge in [-0.25, -0.2) is 9.59 Å². The average molecular weight is 600 g/mol. The van der Waals surface area contributed by atoms with E-state index in [1.165, 1.54) is 0 Å². The van der Waals surface area contributed by atoms with Crippen LogP contribution in [0.1, 0.15) is 63.1 Å². The normalized spacial score (nSPS) is 14.5. The number of hydrogen-bond acceptors (Lipinski definition) is 6. The Kier molecular flexibility index (Phi) is 11.2. The number of carbonyl (C=O) groups is 2. The Morgan fingerprint density at radius 3 is 2.14 bits per heavy atom. The number of fused-ring (bicyclic) bond motifs is 3. The summed E-state index contributed by atoms with van der Waals surface area (Å²) in [7, 11) is 1.63. The van der Waals surface area contributed by atoms with Gasteiger partial charge < -0.3 is 24.3 Å². The molecule has 3 atom stereocenters. The predicted octanol–water partition coefficient (Wildman–Crippen LogP) is 7.68. The molecule has 0 bridgehead atoms. The standard InChI is InChI=1S/C37H45NO6/c1-7-12-34(25(2)22-42-23-26-17-19-27(41-6)20-18-26)44-35(39)33(21-37(3,4)5)38-36(40)43-24-32-30-15-10-8-13-28(30)29-14-9-11-16-31(29)32/h7-11,13-20,25,32-34H,1,12,21-24H2,2-6H3,(H,38,40)/t25?,33-,34?/m1/s1. The van der Waals surface area contributed by atoms with Gasteiger partial charge in [-0.15, -0.1) is 6.58 Å². The van der Waals surface area contributed by atoms with Crippen LogP contribution in [0.15, 0.2) is 85.5 Å². The van der Waals surface area contributed by atoms with Crippen molar-refractivity contribution in [2.75, 3.05) is 20.3 Å². The van der Waals surface area contributed by atoms with E-state index in [1.54, 1.807) is 13.2 Å². The average Bonchev–Trinajstić information content (AvgIpc) is 3.32. The second-order valence-electron chi connectivity index (χ2n) is 12.6. The highest BCUT2D eigenvalue weighted by Gasteiger charge is 2.33. The lowest BCUT2D eigenvalue weighted by molar-refractivity contribution is -0.156. The number of nitrogens with one attached hydrogen (secondary N) is 1. The molecule has 3 aromatic carbocycles. The van der Waals surface area contributed by atoms with Crippen molar-refractivity contribution >= 4 is 12.1 Å². The van der Waals surface area contributed by atoms with Crippen molar-refractivity contribution in [3.63, 3.8) is 0 Å². The summed E-state index contributed by atoms with van der Waals surface area (Å²) in [6.07, 6.45) is 1.48. The first-order valence-corrected chi connectivity index (χ1v) is 15.2. The molecule has 0 aliphatic heterocycles. The molecule has 1 aliphatic carbocycles. The summed E-state index contributed by atoms with van der Waals surface area (Å²) in [5.74, 6) is 0.121. The van der Waals surface area contributed by atoms with Gasteiger partial charge in [0.2, 0.25) is 0 Å². The highest BCUT2D eigenvalue weighted by molar-refractivity contribution is 5.82. The molecule has 7 nitrogen and oxygen atoms in total. The highest BCUT2D eigenvalue weighted by Crippen LogP contribution is 2.44. The molecule has 0 saturated heterocycles. The van der Waals surface area contributed by atoms with E-state index in [2.05, 4.69) is 36.2 Å². The number of alkyl carbamates (subject to hydrolysis) is 1. The van der Waals surface area contributed by atoms with Crippen LogP contribution in [-0.2, 0) is 25.6 Å². The summed E-state index contributed by atoms with van der Waals surface area (Å²) in [4.78, 5) is 26.6. The summed E-state index contributed by atoms with van der Waals surface area (Å²) < 4.78 is 22.9. The highest BCUT2D eigenvalue weighted by atomic mass is 16.6. The minimum atomic E-state index is -0.870. The lowest BCUT2D eigenvalue weighted by atomic mass is 9.88. The van der Waals surface area contributed by atoms with Crippen LogP contribution in [-0.4, -0.2) is 44.5 Å². The molecule has 1 amide bonds. The molecule has 0 fully saturated rings. The van der Waals surface area contributed by atoms with Crippen LogP contribution >= 0.6 is 0 Å². The maximum absolute atomic E-state index is 13.5. The molecule has 0 radical (unpaired) electrons. The number of carbonyl (C=O) groups excluding carboxylic acids is 2. The van der Waals surface area contributed by atoms with Gasteiger partial charge in [-0.05, 0) is 51.8 Å². The molecule has 0 heterocycles. The predicted molar refractivity (Wildman–Crippen MR) is 173 cm³/mol. The van der Waals surface area contributed by atoms with Crippen LogP contribution in [0.2, 0.25) is 0 Å². The number of ether oxygens (including phenoxy) is 4. The van der Waals surface area contributed by atoms with Crippen molar-refractivity contribution in [2.45, 2.75) is 65.2 Å². The fraction of sp³-hybridized carbons (Fsp3) is 0.405. The quantitative estimate of drug-likeness (QED) is 0.151. The smallest absolute Gasteiger partial charge is 0.407 e. The first-order chi connectivity index (χ1) is 21.1. The zero-order valence-corrected chi connectivity index (χ0v) is 26.5. The summed E-state index contributed by atoms with van der Waals surface area (Å²) in [5, 5.41) is 2.80. The van der Waals surface area contributed by atoms with E-state index in [4.69, 9.17) is 18.9 Å². The van der Waals surface area contributed by atoms with Gasteiger partial charge in [-0.1, -0.05) is 94.4 Å². The molecule has 4 rings (SSSR count). The van der Waals surface area contributed by atoms with Crippen molar-refractivity contribution in [3.05, 3.63) is 102 Å². The van der Waals surface area contributed by atoms with Gasteiger partial charge in [0.1, 0.15) is 24.5 Å². The van der Waals surface area contributed by atoms with E-state index >= 15 is 0 Å². The Morgan fingerprint density at radius 2 is 1.57 bits per heavy atom. The van der Waals surface area contributed by atoms with Crippen LogP contribution < -0.4 is 10.1 Å². The van der Waals surface area contributed by atoms with Crippen LogP contribution in [0, 0.1) is 11.3 Å². The summed E-state index contributed by atoms with van der Waals surface area (Å²) in [6.45, 7) is 12.9. The van der Waals surface area contributed by atoms with Crippen molar-refractivity contribution < 1.29 is 28.5 Å². The number of benzene rings is 3. The lowest BCUT2D eigenvalue weighted by Gasteiger charge is -2.29. The zero-order valence-electron chi connectivity index (χ0n) is 26.5. The van der Waals surface area contributed by atoms with Crippen LogP contribution in [0.25, 0.3) is 11.1 Å². The van der Waals surface area contributed by atoms with Crippen molar-refractivity contribution in [3.8, 4) is 16.9 Å². The van der Waals surface area contributed by atoms with Gasteiger partial charge >= 0.3 is 12.1 Å². The monoisotopic (exact) mass is 599 g/mol. The van der Waals surface area contributed by atoms with E-state index < -0.39 is 24.2 Å². The molecular weight excluding hydrogens is 554 g/mol. The van der Waals surface area contributed by atoms with Crippen LogP contribution in [0.4, 0.5) is 4.79 Å². The van der Waals surface area contributed by atoms with Gasteiger partial charge in [-0.2, -0.15) is 0 Å². The fourth-order valence-corrected chi connectivity index (χ4v) is 5.57. The molecule has 3 aromatic rings. The Balaban J connectivity index is 1.36. The molecule has 7 heteroatoms. The summed E-state index contributed by atoms with van der Waals surface area (Å²) in [6, 6.07) is 23.2. The molecule has 1 N–H and O–H groups in total. The molecular formula is C37H45NO6. The number of hydrogen-bond donors (Lipinski definition) is 1.